The van der Waals surface area contributed by atoms with Crippen molar-refractivity contribution in [3.05, 3.63) is 0 Å². The van der Waals surface area contributed by atoms with Crippen molar-refractivity contribution in [1.29, 1.82) is 0 Å². The molecule has 0 bridgehead atoms. The van der Waals surface area contributed by atoms with Crippen LogP contribution in [0.5, 0.6) is 0 Å². The summed E-state index contributed by atoms with van der Waals surface area (Å²) in [5.74, 6) is -2.39. The van der Waals surface area contributed by atoms with Crippen LogP contribution in [-0.2, 0) is 0 Å². The SMILES string of the molecule is FC(F)(F)[C@H](C(Cl)Cl)C(Cl)(Cl)Cl. The van der Waals surface area contributed by atoms with E-state index in [1.165, 1.54) is 0 Å². The van der Waals surface area contributed by atoms with Crippen molar-refractivity contribution in [3.8, 4) is 0 Å². The molecule has 12 heavy (non-hydrogen) atoms. The van der Waals surface area contributed by atoms with Crippen molar-refractivity contribution in [2.45, 2.75) is 14.8 Å². The summed E-state index contributed by atoms with van der Waals surface area (Å²) in [6.07, 6.45) is -4.74. The van der Waals surface area contributed by atoms with Crippen LogP contribution in [0.4, 0.5) is 13.2 Å². The quantitative estimate of drug-likeness (QED) is 0.628. The molecule has 0 spiro atoms. The second-order valence-electron chi connectivity index (χ2n) is 1.90. The van der Waals surface area contributed by atoms with E-state index in [2.05, 4.69) is 0 Å². The number of rotatable bonds is 1. The fraction of sp³-hybridized carbons (Fsp3) is 1.00. The van der Waals surface area contributed by atoms with Crippen LogP contribution in [0.25, 0.3) is 0 Å². The lowest BCUT2D eigenvalue weighted by molar-refractivity contribution is -0.169. The lowest BCUT2D eigenvalue weighted by atomic mass is 10.2. The van der Waals surface area contributed by atoms with E-state index < -0.39 is 20.7 Å². The molecule has 0 fully saturated rings. The van der Waals surface area contributed by atoms with Gasteiger partial charge in [0.15, 0.2) is 0 Å². The van der Waals surface area contributed by atoms with E-state index in [1.54, 1.807) is 0 Å². The van der Waals surface area contributed by atoms with Gasteiger partial charge in [0, 0.05) is 0 Å². The predicted octanol–water partition coefficient (Wildman–Crippen LogP) is 4.34. The maximum atomic E-state index is 12.0. The van der Waals surface area contributed by atoms with Crippen molar-refractivity contribution in [1.82, 2.24) is 0 Å². The molecular formula is C4H2Cl5F3. The molecule has 0 aliphatic carbocycles. The van der Waals surface area contributed by atoms with Crippen molar-refractivity contribution in [2.75, 3.05) is 0 Å². The Kier molecular flexibility index (Phi) is 4.61. The zero-order valence-corrected chi connectivity index (χ0v) is 8.96. The van der Waals surface area contributed by atoms with Gasteiger partial charge in [0.25, 0.3) is 0 Å². The van der Waals surface area contributed by atoms with E-state index in [-0.39, 0.29) is 0 Å². The molecule has 0 aromatic heterocycles. The maximum Gasteiger partial charge on any atom is 0.398 e. The monoisotopic (exact) mass is 282 g/mol. The molecule has 74 valence electrons. The van der Waals surface area contributed by atoms with Crippen LogP contribution in [0, 0.1) is 5.92 Å². The van der Waals surface area contributed by atoms with E-state index in [4.69, 9.17) is 58.0 Å². The molecule has 1 atom stereocenters. The minimum absolute atomic E-state index is 1.81. The average Bonchev–Trinajstić information content (AvgIpc) is 1.49. The van der Waals surface area contributed by atoms with E-state index in [0.29, 0.717) is 0 Å². The van der Waals surface area contributed by atoms with Gasteiger partial charge in [0.05, 0.1) is 0 Å². The predicted molar refractivity (Wildman–Crippen MR) is 45.3 cm³/mol. The molecule has 0 aromatic carbocycles. The summed E-state index contributed by atoms with van der Waals surface area (Å²) >= 11 is 25.1. The Labute approximate surface area is 91.8 Å². The number of hydrogen-bond acceptors (Lipinski definition) is 0. The van der Waals surface area contributed by atoms with Crippen molar-refractivity contribution in [2.24, 2.45) is 5.92 Å². The molecule has 8 heteroatoms. The van der Waals surface area contributed by atoms with E-state index in [1.807, 2.05) is 0 Å². The first kappa shape index (κ1) is 13.2. The summed E-state index contributed by atoms with van der Waals surface area (Å²) in [5.41, 5.74) is 0. The molecule has 0 aliphatic heterocycles. The fourth-order valence-corrected chi connectivity index (χ4v) is 2.27. The highest BCUT2D eigenvalue weighted by atomic mass is 35.6. The molecule has 0 saturated heterocycles. The number of hydrogen-bond donors (Lipinski definition) is 0. The third-order valence-electron chi connectivity index (χ3n) is 0.957. The van der Waals surface area contributed by atoms with Crippen LogP contribution in [0.15, 0.2) is 0 Å². The van der Waals surface area contributed by atoms with Crippen LogP contribution >= 0.6 is 58.0 Å². The standard InChI is InChI=1S/C4H2Cl5F3/c5-2(6)1(3(7,8)9)4(10,11)12/h1-2H/t1-/m1/s1. The summed E-state index contributed by atoms with van der Waals surface area (Å²) in [7, 11) is 0. The van der Waals surface area contributed by atoms with Crippen LogP contribution in [0.1, 0.15) is 0 Å². The first-order valence-electron chi connectivity index (χ1n) is 2.48. The highest BCUT2D eigenvalue weighted by Crippen LogP contribution is 2.48. The van der Waals surface area contributed by atoms with Gasteiger partial charge in [-0.3, -0.25) is 0 Å². The second kappa shape index (κ2) is 4.18. The Hall–Kier alpha value is 1.24. The molecule has 0 rings (SSSR count). The average molecular weight is 284 g/mol. The van der Waals surface area contributed by atoms with Crippen LogP contribution in [-0.4, -0.2) is 14.8 Å². The zero-order chi connectivity index (χ0) is 10.2. The highest BCUT2D eigenvalue weighted by molar-refractivity contribution is 6.68. The summed E-state index contributed by atoms with van der Waals surface area (Å²) < 4.78 is 33.6. The minimum atomic E-state index is -4.74. The topological polar surface area (TPSA) is 0 Å². The molecule has 0 amide bonds. The largest absolute Gasteiger partial charge is 0.398 e. The Morgan fingerprint density at radius 2 is 1.25 bits per heavy atom. The molecular weight excluding hydrogens is 282 g/mol. The van der Waals surface area contributed by atoms with Gasteiger partial charge in [-0.25, -0.2) is 0 Å². The number of alkyl halides is 8. The lowest BCUT2D eigenvalue weighted by Gasteiger charge is -2.27. The maximum absolute atomic E-state index is 12.0. The summed E-state index contributed by atoms with van der Waals surface area (Å²) in [6, 6.07) is 0. The molecule has 0 aromatic rings. The van der Waals surface area contributed by atoms with Gasteiger partial charge in [-0.1, -0.05) is 34.8 Å². The van der Waals surface area contributed by atoms with Crippen molar-refractivity contribution >= 4 is 58.0 Å². The third kappa shape index (κ3) is 3.97. The third-order valence-corrected chi connectivity index (χ3v) is 2.17. The molecule has 0 heterocycles. The normalized spacial score (nSPS) is 16.8. The van der Waals surface area contributed by atoms with Gasteiger partial charge in [0.2, 0.25) is 3.79 Å². The Bertz CT molecular complexity index is 134. The first-order valence-corrected chi connectivity index (χ1v) is 4.49. The molecule has 0 aliphatic rings. The van der Waals surface area contributed by atoms with Gasteiger partial charge in [-0.2, -0.15) is 13.2 Å². The molecule has 0 radical (unpaired) electrons. The Morgan fingerprint density at radius 3 is 1.25 bits per heavy atom. The van der Waals surface area contributed by atoms with Crippen LogP contribution < -0.4 is 0 Å². The molecule has 0 nitrogen and oxygen atoms in total. The van der Waals surface area contributed by atoms with Crippen LogP contribution in [0.2, 0.25) is 0 Å². The summed E-state index contributed by atoms with van der Waals surface area (Å²) in [5, 5.41) is 0. The smallest absolute Gasteiger partial charge is 0.171 e. The van der Waals surface area contributed by atoms with Crippen molar-refractivity contribution < 1.29 is 13.2 Å². The second-order valence-corrected chi connectivity index (χ2v) is 5.43. The van der Waals surface area contributed by atoms with E-state index >= 15 is 0 Å². The minimum Gasteiger partial charge on any atom is -0.171 e. The highest BCUT2D eigenvalue weighted by Gasteiger charge is 2.55. The number of halogens is 8. The van der Waals surface area contributed by atoms with Crippen molar-refractivity contribution in [3.63, 3.8) is 0 Å². The Morgan fingerprint density at radius 1 is 0.917 bits per heavy atom. The molecule has 0 saturated carbocycles. The van der Waals surface area contributed by atoms with Crippen LogP contribution in [0.3, 0.4) is 0 Å². The zero-order valence-electron chi connectivity index (χ0n) is 5.18. The summed E-state index contributed by atoms with van der Waals surface area (Å²) in [6.45, 7) is 0. The van der Waals surface area contributed by atoms with Gasteiger partial charge in [-0.05, 0) is 0 Å². The molecule has 0 N–H and O–H groups in total. The molecule has 0 unspecified atom stereocenters. The fourth-order valence-electron chi connectivity index (χ4n) is 0.471. The van der Waals surface area contributed by atoms with Gasteiger partial charge in [0.1, 0.15) is 10.8 Å². The van der Waals surface area contributed by atoms with E-state index in [0.717, 1.165) is 0 Å². The first-order chi connectivity index (χ1) is 5.07. The summed E-state index contributed by atoms with van der Waals surface area (Å²) in [4.78, 5) is -1.81. The Balaban J connectivity index is 4.70. The lowest BCUT2D eigenvalue weighted by Crippen LogP contribution is -2.38. The van der Waals surface area contributed by atoms with E-state index in [9.17, 15) is 13.2 Å². The van der Waals surface area contributed by atoms with Gasteiger partial charge < -0.3 is 0 Å². The van der Waals surface area contributed by atoms with Gasteiger partial charge >= 0.3 is 6.18 Å². The van der Waals surface area contributed by atoms with Gasteiger partial charge in [-0.15, -0.1) is 23.2 Å².